The van der Waals surface area contributed by atoms with E-state index in [4.69, 9.17) is 5.11 Å². The van der Waals surface area contributed by atoms with E-state index in [1.54, 1.807) is 18.3 Å². The molecule has 2 N–H and O–H groups in total. The summed E-state index contributed by atoms with van der Waals surface area (Å²) in [5, 5.41) is 12.9. The number of aromatic nitrogens is 3. The number of halogens is 3. The van der Waals surface area contributed by atoms with Gasteiger partial charge in [-0.05, 0) is 55.9 Å². The lowest BCUT2D eigenvalue weighted by Gasteiger charge is -2.38. The topological polar surface area (TPSA) is 91.2 Å². The van der Waals surface area contributed by atoms with E-state index in [1.165, 1.54) is 11.3 Å². The predicted octanol–water partition coefficient (Wildman–Crippen LogP) is 5.58. The van der Waals surface area contributed by atoms with E-state index in [9.17, 15) is 18.0 Å². The predicted molar refractivity (Wildman–Crippen MR) is 122 cm³/mol. The number of fused-ring (bicyclic) bond motifs is 2. The summed E-state index contributed by atoms with van der Waals surface area (Å²) in [6, 6.07) is 7.74. The Balaban J connectivity index is 1.32. The number of hydrogen-bond acceptors (Lipinski definition) is 7. The Kier molecular flexibility index (Phi) is 5.88. The molecule has 2 aliphatic heterocycles. The van der Waals surface area contributed by atoms with Gasteiger partial charge in [-0.3, -0.25) is 4.79 Å². The minimum atomic E-state index is -4.45. The van der Waals surface area contributed by atoms with Crippen molar-refractivity contribution >= 4 is 34.1 Å². The van der Waals surface area contributed by atoms with Crippen LogP contribution in [-0.2, 0) is 11.0 Å². The number of aliphatic carboxylic acids is 1. The molecule has 5 rings (SSSR count). The fraction of sp³-hybridized carbons (Fsp3) is 0.391. The average Bonchev–Trinajstić information content (AvgIpc) is 3.36. The highest BCUT2D eigenvalue weighted by molar-refractivity contribution is 7.18. The molecule has 2 bridgehead atoms. The van der Waals surface area contributed by atoms with Crippen LogP contribution in [0.3, 0.4) is 0 Å². The van der Waals surface area contributed by atoms with Crippen molar-refractivity contribution in [3.63, 3.8) is 0 Å². The van der Waals surface area contributed by atoms with Crippen LogP contribution in [0.15, 0.2) is 42.7 Å². The standard InChI is InChI=1S/C23H22F3N5O2S/c24-23(25,26)14-6-7-27-20(11-14)30-19-3-1-2-17(29-19)18-12-28-22(34-18)31-15-4-5-16(31)9-13(8-15)10-21(32)33/h1-3,6-7,11-13,15-16H,4-5,8-10H2,(H,32,33)(H,27,29,30). The van der Waals surface area contributed by atoms with Gasteiger partial charge in [0.1, 0.15) is 11.6 Å². The molecule has 3 aromatic rings. The Morgan fingerprint density at radius 2 is 1.91 bits per heavy atom. The molecule has 5 heterocycles. The number of carboxylic acids is 1. The molecular formula is C23H22F3N5O2S. The molecule has 0 aromatic carbocycles. The van der Waals surface area contributed by atoms with Crippen LogP contribution in [0, 0.1) is 5.92 Å². The smallest absolute Gasteiger partial charge is 0.416 e. The van der Waals surface area contributed by atoms with Gasteiger partial charge in [-0.25, -0.2) is 15.0 Å². The van der Waals surface area contributed by atoms with Crippen molar-refractivity contribution in [2.24, 2.45) is 5.92 Å². The Morgan fingerprint density at radius 3 is 2.62 bits per heavy atom. The monoisotopic (exact) mass is 489 g/mol. The second kappa shape index (κ2) is 8.86. The molecule has 11 heteroatoms. The van der Waals surface area contributed by atoms with Gasteiger partial charge in [0.2, 0.25) is 0 Å². The number of carbonyl (C=O) groups is 1. The number of pyridine rings is 2. The van der Waals surface area contributed by atoms with Crippen LogP contribution < -0.4 is 10.2 Å². The van der Waals surface area contributed by atoms with Crippen molar-refractivity contribution in [2.45, 2.75) is 50.4 Å². The van der Waals surface area contributed by atoms with Crippen LogP contribution in [0.5, 0.6) is 0 Å². The maximum absolute atomic E-state index is 13.0. The number of carboxylic acid groups (broad SMARTS) is 1. The first kappa shape index (κ1) is 22.6. The van der Waals surface area contributed by atoms with E-state index in [0.29, 0.717) is 23.6 Å². The molecule has 2 atom stereocenters. The summed E-state index contributed by atoms with van der Waals surface area (Å²) in [6.45, 7) is 0. The lowest BCUT2D eigenvalue weighted by molar-refractivity contribution is -0.139. The van der Waals surface area contributed by atoms with Gasteiger partial charge in [0.05, 0.1) is 16.1 Å². The zero-order chi connectivity index (χ0) is 23.9. The van der Waals surface area contributed by atoms with Crippen LogP contribution >= 0.6 is 11.3 Å². The number of hydrogen-bond donors (Lipinski definition) is 2. The van der Waals surface area contributed by atoms with Gasteiger partial charge in [0, 0.05) is 30.9 Å². The summed E-state index contributed by atoms with van der Waals surface area (Å²) in [5.74, 6) is -0.0899. The highest BCUT2D eigenvalue weighted by atomic mass is 32.1. The Morgan fingerprint density at radius 1 is 1.15 bits per heavy atom. The first-order valence-electron chi connectivity index (χ1n) is 11.0. The second-order valence-corrected chi connectivity index (χ2v) is 9.70. The number of piperidine rings is 1. The summed E-state index contributed by atoms with van der Waals surface area (Å²) in [5.41, 5.74) is -0.121. The van der Waals surface area contributed by atoms with Crippen molar-refractivity contribution in [2.75, 3.05) is 10.2 Å². The quantitative estimate of drug-likeness (QED) is 0.467. The number of rotatable bonds is 6. The van der Waals surface area contributed by atoms with Gasteiger partial charge < -0.3 is 15.3 Å². The fourth-order valence-electron chi connectivity index (χ4n) is 4.97. The molecule has 2 saturated heterocycles. The molecule has 0 spiro atoms. The summed E-state index contributed by atoms with van der Waals surface area (Å²) < 4.78 is 38.9. The molecule has 2 fully saturated rings. The minimum absolute atomic E-state index is 0.0604. The molecule has 178 valence electrons. The third-order valence-electron chi connectivity index (χ3n) is 6.35. The van der Waals surface area contributed by atoms with Gasteiger partial charge >= 0.3 is 12.1 Å². The highest BCUT2D eigenvalue weighted by Crippen LogP contribution is 2.44. The van der Waals surface area contributed by atoms with E-state index < -0.39 is 17.7 Å². The summed E-state index contributed by atoms with van der Waals surface area (Å²) in [6.07, 6.45) is 2.44. The number of alkyl halides is 3. The molecule has 2 unspecified atom stereocenters. The third kappa shape index (κ3) is 4.70. The number of anilines is 3. The molecule has 7 nitrogen and oxygen atoms in total. The van der Waals surface area contributed by atoms with Crippen LogP contribution in [0.25, 0.3) is 10.6 Å². The lowest BCUT2D eigenvalue weighted by atomic mass is 9.88. The normalized spacial score (nSPS) is 22.1. The molecule has 0 saturated carbocycles. The molecule has 34 heavy (non-hydrogen) atoms. The van der Waals surface area contributed by atoms with Gasteiger partial charge in [0.15, 0.2) is 5.13 Å². The SMILES string of the molecule is O=C(O)CC1CC2CCC(C1)N2c1ncc(-c2cccc(Nc3cc(C(F)(F)F)ccn3)n2)s1. The molecule has 0 radical (unpaired) electrons. The number of nitrogens with one attached hydrogen (secondary N) is 1. The van der Waals surface area contributed by atoms with E-state index in [2.05, 4.69) is 25.2 Å². The number of nitrogens with zero attached hydrogens (tertiary/aromatic N) is 4. The van der Waals surface area contributed by atoms with E-state index in [1.807, 2.05) is 6.07 Å². The van der Waals surface area contributed by atoms with Crippen LogP contribution in [0.2, 0.25) is 0 Å². The second-order valence-electron chi connectivity index (χ2n) is 8.70. The van der Waals surface area contributed by atoms with Crippen LogP contribution in [0.4, 0.5) is 29.9 Å². The average molecular weight is 490 g/mol. The van der Waals surface area contributed by atoms with Crippen molar-refractivity contribution in [3.05, 3.63) is 48.3 Å². The fourth-order valence-corrected chi connectivity index (χ4v) is 6.00. The molecular weight excluding hydrogens is 467 g/mol. The van der Waals surface area contributed by atoms with Crippen molar-refractivity contribution in [1.82, 2.24) is 15.0 Å². The zero-order valence-corrected chi connectivity index (χ0v) is 18.8. The zero-order valence-electron chi connectivity index (χ0n) is 18.0. The first-order chi connectivity index (χ1) is 16.3. The van der Waals surface area contributed by atoms with Gasteiger partial charge in [-0.2, -0.15) is 13.2 Å². The largest absolute Gasteiger partial charge is 0.481 e. The van der Waals surface area contributed by atoms with Crippen molar-refractivity contribution in [3.8, 4) is 10.6 Å². The molecule has 3 aromatic heterocycles. The van der Waals surface area contributed by atoms with E-state index in [0.717, 1.165) is 54.0 Å². The van der Waals surface area contributed by atoms with Gasteiger partial charge in [-0.15, -0.1) is 0 Å². The van der Waals surface area contributed by atoms with Crippen LogP contribution in [0.1, 0.15) is 37.7 Å². The third-order valence-corrected chi connectivity index (χ3v) is 7.39. The molecule has 0 amide bonds. The summed E-state index contributed by atoms with van der Waals surface area (Å²) in [7, 11) is 0. The summed E-state index contributed by atoms with van der Waals surface area (Å²) in [4.78, 5) is 27.4. The Bertz CT molecular complexity index is 1190. The van der Waals surface area contributed by atoms with Crippen LogP contribution in [-0.4, -0.2) is 38.1 Å². The van der Waals surface area contributed by atoms with Crippen molar-refractivity contribution < 1.29 is 23.1 Å². The minimum Gasteiger partial charge on any atom is -0.481 e. The molecule has 2 aliphatic rings. The van der Waals surface area contributed by atoms with Crippen molar-refractivity contribution in [1.29, 1.82) is 0 Å². The maximum atomic E-state index is 13.0. The van der Waals surface area contributed by atoms with E-state index >= 15 is 0 Å². The van der Waals surface area contributed by atoms with E-state index in [-0.39, 0.29) is 18.2 Å². The summed E-state index contributed by atoms with van der Waals surface area (Å²) >= 11 is 1.52. The van der Waals surface area contributed by atoms with Gasteiger partial charge in [-0.1, -0.05) is 17.4 Å². The Labute approximate surface area is 197 Å². The molecule has 0 aliphatic carbocycles. The lowest BCUT2D eigenvalue weighted by Crippen LogP contribution is -2.43. The Hall–Kier alpha value is -3.21. The number of thiazole rings is 1. The maximum Gasteiger partial charge on any atom is 0.416 e. The first-order valence-corrected chi connectivity index (χ1v) is 11.8. The van der Waals surface area contributed by atoms with Gasteiger partial charge in [0.25, 0.3) is 0 Å². The highest BCUT2D eigenvalue weighted by Gasteiger charge is 2.42.